The molecule has 0 aromatic carbocycles. The first kappa shape index (κ1) is 11.0. The fourth-order valence-corrected chi connectivity index (χ4v) is 1.95. The molecule has 0 amide bonds. The summed E-state index contributed by atoms with van der Waals surface area (Å²) >= 11 is 0. The Labute approximate surface area is 81.2 Å². The van der Waals surface area contributed by atoms with E-state index in [1.165, 1.54) is 12.8 Å². The Morgan fingerprint density at radius 2 is 2.00 bits per heavy atom. The van der Waals surface area contributed by atoms with Gasteiger partial charge in [-0.2, -0.15) is 0 Å². The maximum Gasteiger partial charge on any atom is 0.0468 e. The van der Waals surface area contributed by atoms with Gasteiger partial charge in [0, 0.05) is 25.8 Å². The molecule has 1 saturated heterocycles. The van der Waals surface area contributed by atoms with E-state index < -0.39 is 0 Å². The summed E-state index contributed by atoms with van der Waals surface area (Å²) in [6, 6.07) is 0.332. The van der Waals surface area contributed by atoms with Gasteiger partial charge in [-0.05, 0) is 39.3 Å². The number of nitrogens with zero attached hydrogens (tertiary/aromatic N) is 1. The molecule has 1 rings (SSSR count). The summed E-state index contributed by atoms with van der Waals surface area (Å²) in [6.45, 7) is 2.86. The average molecular weight is 186 g/mol. The van der Waals surface area contributed by atoms with Crippen molar-refractivity contribution in [1.29, 1.82) is 0 Å². The number of likely N-dealkylation sites (N-methyl/N-ethyl adjacent to an activating group) is 1. The van der Waals surface area contributed by atoms with E-state index in [1.807, 2.05) is 0 Å². The molecule has 3 heteroatoms. The molecule has 0 bridgehead atoms. The van der Waals surface area contributed by atoms with Crippen LogP contribution >= 0.6 is 0 Å². The topological polar surface area (TPSA) is 38.5 Å². The Bertz CT molecular complexity index is 133. The van der Waals surface area contributed by atoms with Gasteiger partial charge in [0.2, 0.25) is 0 Å². The monoisotopic (exact) mass is 186 g/mol. The molecular formula is C10H22N2O. The van der Waals surface area contributed by atoms with Crippen LogP contribution in [-0.4, -0.2) is 44.8 Å². The summed E-state index contributed by atoms with van der Waals surface area (Å²) in [6.07, 6.45) is 3.55. The van der Waals surface area contributed by atoms with Gasteiger partial charge in [0.05, 0.1) is 0 Å². The lowest BCUT2D eigenvalue weighted by molar-refractivity contribution is 0.0610. The van der Waals surface area contributed by atoms with Crippen LogP contribution in [0.2, 0.25) is 0 Å². The Morgan fingerprint density at radius 1 is 1.38 bits per heavy atom. The average Bonchev–Trinajstić information content (AvgIpc) is 2.04. The quantitative estimate of drug-likeness (QED) is 0.702. The zero-order chi connectivity index (χ0) is 9.68. The molecule has 1 aliphatic heterocycles. The minimum Gasteiger partial charge on any atom is -0.381 e. The van der Waals surface area contributed by atoms with Crippen molar-refractivity contribution >= 4 is 0 Å². The van der Waals surface area contributed by atoms with Crippen LogP contribution in [0.1, 0.15) is 19.3 Å². The highest BCUT2D eigenvalue weighted by atomic mass is 16.5. The molecule has 0 radical (unpaired) electrons. The normalized spacial score (nSPS) is 22.2. The molecule has 0 saturated carbocycles. The second kappa shape index (κ2) is 5.58. The van der Waals surface area contributed by atoms with E-state index in [4.69, 9.17) is 10.5 Å². The maximum absolute atomic E-state index is 6.02. The lowest BCUT2D eigenvalue weighted by Crippen LogP contribution is -2.35. The summed E-state index contributed by atoms with van der Waals surface area (Å²) in [7, 11) is 4.15. The van der Waals surface area contributed by atoms with Crippen LogP contribution in [0.15, 0.2) is 0 Å². The van der Waals surface area contributed by atoms with Crippen LogP contribution in [0.5, 0.6) is 0 Å². The largest absolute Gasteiger partial charge is 0.381 e. The van der Waals surface area contributed by atoms with Crippen LogP contribution in [0.3, 0.4) is 0 Å². The van der Waals surface area contributed by atoms with Crippen LogP contribution in [0, 0.1) is 5.92 Å². The number of hydrogen-bond donors (Lipinski definition) is 1. The second-order valence-electron chi connectivity index (χ2n) is 4.31. The van der Waals surface area contributed by atoms with Crippen molar-refractivity contribution in [2.24, 2.45) is 11.7 Å². The van der Waals surface area contributed by atoms with Crippen LogP contribution in [-0.2, 0) is 4.74 Å². The lowest BCUT2D eigenvalue weighted by atomic mass is 9.93. The molecule has 3 nitrogen and oxygen atoms in total. The second-order valence-corrected chi connectivity index (χ2v) is 4.31. The predicted molar refractivity (Wildman–Crippen MR) is 54.7 cm³/mol. The maximum atomic E-state index is 6.02. The highest BCUT2D eigenvalue weighted by molar-refractivity contribution is 4.72. The van der Waals surface area contributed by atoms with E-state index >= 15 is 0 Å². The van der Waals surface area contributed by atoms with Gasteiger partial charge in [-0.1, -0.05) is 0 Å². The molecule has 1 heterocycles. The van der Waals surface area contributed by atoms with Gasteiger partial charge in [0.1, 0.15) is 0 Å². The van der Waals surface area contributed by atoms with Crippen molar-refractivity contribution in [2.45, 2.75) is 25.3 Å². The van der Waals surface area contributed by atoms with Crippen LogP contribution in [0.25, 0.3) is 0 Å². The Kier molecular flexibility index (Phi) is 4.70. The molecule has 0 aliphatic carbocycles. The van der Waals surface area contributed by atoms with Crippen molar-refractivity contribution in [3.8, 4) is 0 Å². The van der Waals surface area contributed by atoms with E-state index in [0.29, 0.717) is 6.04 Å². The number of nitrogens with two attached hydrogens (primary N) is 1. The third-order valence-corrected chi connectivity index (χ3v) is 2.58. The van der Waals surface area contributed by atoms with E-state index in [0.717, 1.165) is 32.1 Å². The van der Waals surface area contributed by atoms with E-state index in [-0.39, 0.29) is 0 Å². The summed E-state index contributed by atoms with van der Waals surface area (Å²) in [5.41, 5.74) is 6.02. The summed E-state index contributed by atoms with van der Waals surface area (Å²) in [4.78, 5) is 2.16. The Morgan fingerprint density at radius 3 is 2.54 bits per heavy atom. The summed E-state index contributed by atoms with van der Waals surface area (Å²) in [5, 5.41) is 0. The first-order chi connectivity index (χ1) is 6.18. The van der Waals surface area contributed by atoms with Gasteiger partial charge in [-0.15, -0.1) is 0 Å². The first-order valence-electron chi connectivity index (χ1n) is 5.16. The number of hydrogen-bond acceptors (Lipinski definition) is 3. The van der Waals surface area contributed by atoms with Crippen molar-refractivity contribution < 1.29 is 4.74 Å². The Balaban J connectivity index is 2.14. The molecule has 0 spiro atoms. The molecular weight excluding hydrogens is 164 g/mol. The fraction of sp³-hybridized carbons (Fsp3) is 1.00. The highest BCUT2D eigenvalue weighted by Gasteiger charge is 2.17. The lowest BCUT2D eigenvalue weighted by Gasteiger charge is -2.26. The van der Waals surface area contributed by atoms with Gasteiger partial charge in [-0.25, -0.2) is 0 Å². The van der Waals surface area contributed by atoms with Gasteiger partial charge >= 0.3 is 0 Å². The molecule has 1 fully saturated rings. The van der Waals surface area contributed by atoms with E-state index in [1.54, 1.807) is 0 Å². The van der Waals surface area contributed by atoms with E-state index in [9.17, 15) is 0 Å². The van der Waals surface area contributed by atoms with Crippen LogP contribution < -0.4 is 5.73 Å². The first-order valence-corrected chi connectivity index (χ1v) is 5.16. The summed E-state index contributed by atoms with van der Waals surface area (Å²) in [5.74, 6) is 0.795. The van der Waals surface area contributed by atoms with Crippen molar-refractivity contribution in [3.63, 3.8) is 0 Å². The summed E-state index contributed by atoms with van der Waals surface area (Å²) < 4.78 is 5.31. The zero-order valence-corrected chi connectivity index (χ0v) is 8.83. The molecule has 1 aliphatic rings. The van der Waals surface area contributed by atoms with Crippen molar-refractivity contribution in [2.75, 3.05) is 33.9 Å². The van der Waals surface area contributed by atoms with Gasteiger partial charge in [0.15, 0.2) is 0 Å². The fourth-order valence-electron chi connectivity index (χ4n) is 1.95. The Hall–Kier alpha value is -0.120. The number of ether oxygens (including phenoxy) is 1. The molecule has 0 aromatic heterocycles. The predicted octanol–water partition coefficient (Wildman–Crippen LogP) is 0.692. The van der Waals surface area contributed by atoms with Gasteiger partial charge in [-0.3, -0.25) is 0 Å². The molecule has 13 heavy (non-hydrogen) atoms. The van der Waals surface area contributed by atoms with Crippen molar-refractivity contribution in [3.05, 3.63) is 0 Å². The minimum absolute atomic E-state index is 0.332. The highest BCUT2D eigenvalue weighted by Crippen LogP contribution is 2.19. The third-order valence-electron chi connectivity index (χ3n) is 2.58. The van der Waals surface area contributed by atoms with E-state index in [2.05, 4.69) is 19.0 Å². The third kappa shape index (κ3) is 4.60. The molecule has 78 valence electrons. The molecule has 0 aromatic rings. The number of rotatable bonds is 4. The molecule has 1 unspecified atom stereocenters. The minimum atomic E-state index is 0.332. The molecule has 1 atom stereocenters. The standard InChI is InChI=1S/C10H22N2O/c1-12(2)8-10(11)7-9-3-5-13-6-4-9/h9-10H,3-8,11H2,1-2H3. The SMILES string of the molecule is CN(C)CC(N)CC1CCOCC1. The zero-order valence-electron chi connectivity index (χ0n) is 8.83. The molecule has 2 N–H and O–H groups in total. The smallest absolute Gasteiger partial charge is 0.0468 e. The van der Waals surface area contributed by atoms with Crippen molar-refractivity contribution in [1.82, 2.24) is 4.90 Å². The van der Waals surface area contributed by atoms with Crippen LogP contribution in [0.4, 0.5) is 0 Å². The van der Waals surface area contributed by atoms with Gasteiger partial charge < -0.3 is 15.4 Å². The van der Waals surface area contributed by atoms with Gasteiger partial charge in [0.25, 0.3) is 0 Å².